The van der Waals surface area contributed by atoms with Crippen molar-refractivity contribution in [1.29, 1.82) is 0 Å². The van der Waals surface area contributed by atoms with Gasteiger partial charge in [0.1, 0.15) is 5.75 Å². The molecule has 0 aliphatic heterocycles. The number of ether oxygens (including phenoxy) is 3. The van der Waals surface area contributed by atoms with E-state index in [1.54, 1.807) is 12.1 Å². The summed E-state index contributed by atoms with van der Waals surface area (Å²) in [4.78, 5) is 37.8. The zero-order chi connectivity index (χ0) is 33.5. The van der Waals surface area contributed by atoms with E-state index >= 15 is 0 Å². The molecule has 0 bridgehead atoms. The number of anilines is 2. The second kappa shape index (κ2) is 17.6. The minimum atomic E-state index is -4.51. The van der Waals surface area contributed by atoms with Gasteiger partial charge in [0, 0.05) is 23.9 Å². The molecule has 3 aromatic carbocycles. The molecule has 3 rings (SSSR count). The minimum Gasteiger partial charge on any atom is -0.423 e. The van der Waals surface area contributed by atoms with Crippen LogP contribution in [0.5, 0.6) is 5.75 Å². The lowest BCUT2D eigenvalue weighted by Gasteiger charge is -2.18. The standard InChI is InChI=1S/C35H39F3N2O6/c1-2-3-4-5-6-7-8-9-10-32(46-34(43)26-21-28(39)23-29(40)22-26)45-31(41)20-13-24-11-18-30(19-12-24)44-33(42)25-14-16-27(17-15-25)35(36,37)38/h11-23,32H,2-10,39-40H2,1H3/b20-13+. The fourth-order valence-corrected chi connectivity index (χ4v) is 4.51. The number of carbonyl (C=O) groups excluding carboxylic acids is 3. The van der Waals surface area contributed by atoms with E-state index in [4.69, 9.17) is 25.7 Å². The highest BCUT2D eigenvalue weighted by Crippen LogP contribution is 2.29. The fraction of sp³-hybridized carbons (Fsp3) is 0.343. The van der Waals surface area contributed by atoms with Gasteiger partial charge >= 0.3 is 24.1 Å². The first-order chi connectivity index (χ1) is 21.9. The lowest BCUT2D eigenvalue weighted by Crippen LogP contribution is -2.24. The van der Waals surface area contributed by atoms with Crippen LogP contribution in [0.1, 0.15) is 96.6 Å². The van der Waals surface area contributed by atoms with Gasteiger partial charge in [-0.05, 0) is 72.7 Å². The third kappa shape index (κ3) is 12.3. The number of alkyl halides is 3. The van der Waals surface area contributed by atoms with Crippen molar-refractivity contribution < 1.29 is 41.8 Å². The quantitative estimate of drug-likeness (QED) is 0.0399. The van der Waals surface area contributed by atoms with Crippen molar-refractivity contribution in [3.63, 3.8) is 0 Å². The van der Waals surface area contributed by atoms with Gasteiger partial charge in [0.25, 0.3) is 0 Å². The molecule has 0 amide bonds. The summed E-state index contributed by atoms with van der Waals surface area (Å²) >= 11 is 0. The van der Waals surface area contributed by atoms with E-state index in [2.05, 4.69) is 6.92 Å². The summed E-state index contributed by atoms with van der Waals surface area (Å²) in [6.45, 7) is 2.17. The molecule has 1 atom stereocenters. The Morgan fingerprint density at radius 2 is 1.33 bits per heavy atom. The molecule has 4 N–H and O–H groups in total. The van der Waals surface area contributed by atoms with Crippen molar-refractivity contribution in [1.82, 2.24) is 0 Å². The monoisotopic (exact) mass is 640 g/mol. The highest BCUT2D eigenvalue weighted by Gasteiger charge is 2.30. The Balaban J connectivity index is 1.56. The molecule has 0 aliphatic rings. The Labute approximate surface area is 266 Å². The maximum absolute atomic E-state index is 12.8. The van der Waals surface area contributed by atoms with Gasteiger partial charge in [0.15, 0.2) is 0 Å². The largest absolute Gasteiger partial charge is 0.423 e. The molecule has 0 aliphatic carbocycles. The number of hydrogen-bond acceptors (Lipinski definition) is 8. The normalized spacial score (nSPS) is 12.1. The topological polar surface area (TPSA) is 131 Å². The third-order valence-electron chi connectivity index (χ3n) is 6.94. The Kier molecular flexibility index (Phi) is 13.7. The molecule has 3 aromatic rings. The van der Waals surface area contributed by atoms with Crippen molar-refractivity contribution in [3.05, 3.63) is 95.1 Å². The van der Waals surface area contributed by atoms with E-state index in [0.717, 1.165) is 43.5 Å². The van der Waals surface area contributed by atoms with Gasteiger partial charge in [-0.3, -0.25) is 0 Å². The highest BCUT2D eigenvalue weighted by atomic mass is 19.4. The average Bonchev–Trinajstić information content (AvgIpc) is 3.01. The van der Waals surface area contributed by atoms with Crippen LogP contribution in [0.4, 0.5) is 24.5 Å². The Morgan fingerprint density at radius 3 is 1.91 bits per heavy atom. The van der Waals surface area contributed by atoms with Gasteiger partial charge in [0.2, 0.25) is 6.29 Å². The maximum Gasteiger partial charge on any atom is 0.416 e. The molecule has 46 heavy (non-hydrogen) atoms. The summed E-state index contributed by atoms with van der Waals surface area (Å²) in [6.07, 6.45) is 5.84. The minimum absolute atomic E-state index is 0.0406. The van der Waals surface area contributed by atoms with Gasteiger partial charge in [-0.1, -0.05) is 64.0 Å². The molecule has 0 saturated heterocycles. The molecular weight excluding hydrogens is 601 g/mol. The lowest BCUT2D eigenvalue weighted by atomic mass is 10.1. The highest BCUT2D eigenvalue weighted by molar-refractivity contribution is 5.92. The SMILES string of the molecule is CCCCCCCCCCC(OC(=O)/C=C/c1ccc(OC(=O)c2ccc(C(F)(F)F)cc2)cc1)OC(=O)c1cc(N)cc(N)c1. The van der Waals surface area contributed by atoms with Crippen molar-refractivity contribution in [2.75, 3.05) is 11.5 Å². The van der Waals surface area contributed by atoms with Crippen molar-refractivity contribution >= 4 is 35.4 Å². The summed E-state index contributed by atoms with van der Waals surface area (Å²) in [5.74, 6) is -2.12. The first-order valence-electron chi connectivity index (χ1n) is 15.2. The zero-order valence-electron chi connectivity index (χ0n) is 25.7. The first kappa shape index (κ1) is 35.7. The molecule has 1 unspecified atom stereocenters. The van der Waals surface area contributed by atoms with Gasteiger partial charge in [-0.2, -0.15) is 13.2 Å². The van der Waals surface area contributed by atoms with Crippen molar-refractivity contribution in [2.45, 2.75) is 77.2 Å². The second-order valence-electron chi connectivity index (χ2n) is 10.8. The number of nitrogens with two attached hydrogens (primary N) is 2. The Morgan fingerprint density at radius 1 is 0.739 bits per heavy atom. The number of unbranched alkanes of at least 4 members (excludes halogenated alkanes) is 7. The van der Waals surface area contributed by atoms with E-state index < -0.39 is 35.9 Å². The van der Waals surface area contributed by atoms with Gasteiger partial charge in [-0.15, -0.1) is 0 Å². The second-order valence-corrected chi connectivity index (χ2v) is 10.8. The zero-order valence-corrected chi connectivity index (χ0v) is 25.7. The van der Waals surface area contributed by atoms with Crippen LogP contribution >= 0.6 is 0 Å². The number of rotatable bonds is 16. The molecule has 0 radical (unpaired) electrons. The number of carbonyl (C=O) groups is 3. The number of halogens is 3. The molecular formula is C35H39F3N2O6. The van der Waals surface area contributed by atoms with E-state index in [1.165, 1.54) is 68.2 Å². The van der Waals surface area contributed by atoms with Crippen molar-refractivity contribution in [3.8, 4) is 5.75 Å². The van der Waals surface area contributed by atoms with Crippen molar-refractivity contribution in [2.24, 2.45) is 0 Å². The van der Waals surface area contributed by atoms with Crippen LogP contribution < -0.4 is 16.2 Å². The molecule has 8 nitrogen and oxygen atoms in total. The molecule has 11 heteroatoms. The fourth-order valence-electron chi connectivity index (χ4n) is 4.51. The van der Waals surface area contributed by atoms with E-state index in [9.17, 15) is 27.6 Å². The van der Waals surface area contributed by atoms with Crippen LogP contribution in [-0.4, -0.2) is 24.2 Å². The predicted molar refractivity (Wildman–Crippen MR) is 170 cm³/mol. The maximum atomic E-state index is 12.8. The van der Waals surface area contributed by atoms with Crippen LogP contribution in [0.3, 0.4) is 0 Å². The summed E-state index contributed by atoms with van der Waals surface area (Å²) in [5, 5.41) is 0. The number of esters is 3. The van der Waals surface area contributed by atoms with Gasteiger partial charge in [-0.25, -0.2) is 14.4 Å². The van der Waals surface area contributed by atoms with Crippen LogP contribution in [0.25, 0.3) is 6.08 Å². The molecule has 0 fully saturated rings. The third-order valence-corrected chi connectivity index (χ3v) is 6.94. The molecule has 0 heterocycles. The first-order valence-corrected chi connectivity index (χ1v) is 15.2. The van der Waals surface area contributed by atoms with E-state index in [-0.39, 0.29) is 16.9 Å². The average molecular weight is 641 g/mol. The van der Waals surface area contributed by atoms with E-state index in [0.29, 0.717) is 29.8 Å². The molecule has 0 spiro atoms. The van der Waals surface area contributed by atoms with Crippen LogP contribution in [0.2, 0.25) is 0 Å². The number of benzene rings is 3. The summed E-state index contributed by atoms with van der Waals surface area (Å²) in [5.41, 5.74) is 12.0. The van der Waals surface area contributed by atoms with Gasteiger partial charge < -0.3 is 25.7 Å². The number of nitrogen functional groups attached to an aromatic ring is 2. The summed E-state index contributed by atoms with van der Waals surface area (Å²) < 4.78 is 54.5. The lowest BCUT2D eigenvalue weighted by molar-refractivity contribution is -0.163. The van der Waals surface area contributed by atoms with Gasteiger partial charge in [0.05, 0.1) is 16.7 Å². The van der Waals surface area contributed by atoms with Crippen LogP contribution in [0.15, 0.2) is 72.8 Å². The summed E-state index contributed by atoms with van der Waals surface area (Å²) in [6, 6.07) is 14.1. The summed E-state index contributed by atoms with van der Waals surface area (Å²) in [7, 11) is 0. The van der Waals surface area contributed by atoms with Crippen LogP contribution in [0, 0.1) is 0 Å². The molecule has 0 saturated carbocycles. The smallest absolute Gasteiger partial charge is 0.416 e. The van der Waals surface area contributed by atoms with Crippen LogP contribution in [-0.2, 0) is 20.4 Å². The Bertz CT molecular complexity index is 1450. The molecule has 0 aromatic heterocycles. The Hall–Kier alpha value is -4.80. The molecule has 246 valence electrons. The van der Waals surface area contributed by atoms with E-state index in [1.807, 2.05) is 0 Å². The predicted octanol–water partition coefficient (Wildman–Crippen LogP) is 8.36. The number of hydrogen-bond donors (Lipinski definition) is 2.